The van der Waals surface area contributed by atoms with Crippen LogP contribution in [-0.4, -0.2) is 47.1 Å². The van der Waals surface area contributed by atoms with Gasteiger partial charge in [0.05, 0.1) is 23.7 Å². The van der Waals surface area contributed by atoms with Crippen molar-refractivity contribution in [3.63, 3.8) is 0 Å². The number of sulfone groups is 1. The summed E-state index contributed by atoms with van der Waals surface area (Å²) in [4.78, 5) is 14.6. The molecule has 0 N–H and O–H groups in total. The summed E-state index contributed by atoms with van der Waals surface area (Å²) in [7, 11) is -3.20. The van der Waals surface area contributed by atoms with Gasteiger partial charge in [0, 0.05) is 31.3 Å². The maximum Gasteiger partial charge on any atom is 0.290 e. The zero-order valence-electron chi connectivity index (χ0n) is 14.7. The molecule has 0 saturated carbocycles. The average Bonchev–Trinajstić information content (AvgIpc) is 3.19. The van der Waals surface area contributed by atoms with Gasteiger partial charge in [-0.15, -0.1) is 0 Å². The fourth-order valence-corrected chi connectivity index (χ4v) is 4.66. The molecule has 1 aliphatic heterocycles. The van der Waals surface area contributed by atoms with Crippen molar-refractivity contribution in [2.45, 2.75) is 39.8 Å². The average molecular weight is 365 g/mol. The Bertz CT molecular complexity index is 882. The van der Waals surface area contributed by atoms with Gasteiger partial charge < -0.3 is 9.32 Å². The number of furan rings is 1. The summed E-state index contributed by atoms with van der Waals surface area (Å²) in [5, 5.41) is 4.22. The molecule has 1 atom stereocenters. The van der Waals surface area contributed by atoms with Crippen molar-refractivity contribution in [3.05, 3.63) is 41.1 Å². The van der Waals surface area contributed by atoms with Crippen LogP contribution in [0.2, 0.25) is 0 Å². The maximum absolute atomic E-state index is 13.0. The van der Waals surface area contributed by atoms with Crippen LogP contribution in [0.1, 0.15) is 47.3 Å². The number of carbonyl (C=O) groups excluding carboxylic acids is 1. The van der Waals surface area contributed by atoms with Gasteiger partial charge in [-0.2, -0.15) is 5.10 Å². The Morgan fingerprint density at radius 2 is 2.16 bits per heavy atom. The first-order chi connectivity index (χ1) is 11.8. The molecule has 1 amide bonds. The standard InChI is InChI=1S/C17H23N3O4S/c1-4-15-12(3)8-16(24-15)17(21)20-6-7-25(22,23)11-14(20)13-9-18-19(5-2)10-13/h8-10,14H,4-7,11H2,1-3H3/t14-/m0/s1. The maximum atomic E-state index is 13.0. The van der Waals surface area contributed by atoms with Crippen LogP contribution >= 0.6 is 0 Å². The smallest absolute Gasteiger partial charge is 0.290 e. The Morgan fingerprint density at radius 1 is 1.40 bits per heavy atom. The van der Waals surface area contributed by atoms with Gasteiger partial charge in [0.25, 0.3) is 5.91 Å². The Balaban J connectivity index is 1.94. The van der Waals surface area contributed by atoms with Crippen LogP contribution in [0, 0.1) is 6.92 Å². The van der Waals surface area contributed by atoms with E-state index in [0.29, 0.717) is 13.0 Å². The van der Waals surface area contributed by atoms with Crippen LogP contribution in [0.3, 0.4) is 0 Å². The lowest BCUT2D eigenvalue weighted by Crippen LogP contribution is -2.46. The summed E-state index contributed by atoms with van der Waals surface area (Å²) in [6.45, 7) is 6.67. The van der Waals surface area contributed by atoms with Crippen molar-refractivity contribution in [3.8, 4) is 0 Å². The predicted molar refractivity (Wildman–Crippen MR) is 93.2 cm³/mol. The largest absolute Gasteiger partial charge is 0.456 e. The minimum Gasteiger partial charge on any atom is -0.456 e. The molecule has 8 heteroatoms. The zero-order chi connectivity index (χ0) is 18.2. The molecule has 7 nitrogen and oxygen atoms in total. The van der Waals surface area contributed by atoms with E-state index < -0.39 is 15.9 Å². The summed E-state index contributed by atoms with van der Waals surface area (Å²) in [5.74, 6) is 0.656. The zero-order valence-corrected chi connectivity index (χ0v) is 15.5. The lowest BCUT2D eigenvalue weighted by atomic mass is 10.1. The lowest BCUT2D eigenvalue weighted by Gasteiger charge is -2.34. The number of aromatic nitrogens is 2. The Morgan fingerprint density at radius 3 is 2.76 bits per heavy atom. The summed E-state index contributed by atoms with van der Waals surface area (Å²) in [6.07, 6.45) is 4.15. The third-order valence-electron chi connectivity index (χ3n) is 4.61. The molecule has 2 aromatic heterocycles. The Hall–Kier alpha value is -2.09. The summed E-state index contributed by atoms with van der Waals surface area (Å²) >= 11 is 0. The van der Waals surface area contributed by atoms with Gasteiger partial charge in [-0.05, 0) is 25.5 Å². The molecule has 0 bridgehead atoms. The molecule has 25 heavy (non-hydrogen) atoms. The van der Waals surface area contributed by atoms with Crippen molar-refractivity contribution < 1.29 is 17.6 Å². The molecule has 3 rings (SSSR count). The molecule has 0 aliphatic carbocycles. The number of amides is 1. The fraction of sp³-hybridized carbons (Fsp3) is 0.529. The normalized spacial score (nSPS) is 20.0. The van der Waals surface area contributed by atoms with Crippen LogP contribution < -0.4 is 0 Å². The number of nitrogens with zero attached hydrogens (tertiary/aromatic N) is 3. The van der Waals surface area contributed by atoms with Crippen LogP contribution in [0.15, 0.2) is 22.9 Å². The summed E-state index contributed by atoms with van der Waals surface area (Å²) < 4.78 is 31.7. The highest BCUT2D eigenvalue weighted by Gasteiger charge is 2.37. The highest BCUT2D eigenvalue weighted by molar-refractivity contribution is 7.91. The van der Waals surface area contributed by atoms with Gasteiger partial charge in [-0.25, -0.2) is 8.42 Å². The third-order valence-corrected chi connectivity index (χ3v) is 6.23. The molecule has 0 aromatic carbocycles. The third kappa shape index (κ3) is 3.49. The molecule has 0 unspecified atom stereocenters. The van der Waals surface area contributed by atoms with E-state index in [4.69, 9.17) is 4.42 Å². The van der Waals surface area contributed by atoms with Crippen molar-refractivity contribution in [2.24, 2.45) is 0 Å². The molecule has 1 aliphatic rings. The van der Waals surface area contributed by atoms with Crippen LogP contribution in [0.5, 0.6) is 0 Å². The van der Waals surface area contributed by atoms with Crippen molar-refractivity contribution in [1.82, 2.24) is 14.7 Å². The molecule has 0 spiro atoms. The predicted octanol–water partition coefficient (Wildman–Crippen LogP) is 1.98. The Labute approximate surface area is 147 Å². The topological polar surface area (TPSA) is 85.4 Å². The molecule has 136 valence electrons. The van der Waals surface area contributed by atoms with E-state index in [2.05, 4.69) is 5.10 Å². The van der Waals surface area contributed by atoms with Crippen LogP contribution in [-0.2, 0) is 22.8 Å². The molecular weight excluding hydrogens is 342 g/mol. The minimum absolute atomic E-state index is 0.0303. The summed E-state index contributed by atoms with van der Waals surface area (Å²) in [6, 6.07) is 1.19. The number of carbonyl (C=O) groups is 1. The molecule has 2 aromatic rings. The van der Waals surface area contributed by atoms with Gasteiger partial charge >= 0.3 is 0 Å². The molecule has 1 fully saturated rings. The first kappa shape index (κ1) is 17.7. The SMILES string of the molecule is CCc1oc(C(=O)N2CCS(=O)(=O)C[C@H]2c2cnn(CC)c2)cc1C. The van der Waals surface area contributed by atoms with E-state index in [1.165, 1.54) is 0 Å². The van der Waals surface area contributed by atoms with Crippen molar-refractivity contribution >= 4 is 15.7 Å². The Kier molecular flexibility index (Phi) is 4.73. The van der Waals surface area contributed by atoms with Crippen molar-refractivity contribution in [2.75, 3.05) is 18.1 Å². The van der Waals surface area contributed by atoms with Gasteiger partial charge in [-0.3, -0.25) is 9.48 Å². The first-order valence-corrected chi connectivity index (χ1v) is 10.3. The molecule has 0 radical (unpaired) electrons. The lowest BCUT2D eigenvalue weighted by molar-refractivity contribution is 0.0663. The number of hydrogen-bond acceptors (Lipinski definition) is 5. The van der Waals surface area contributed by atoms with E-state index in [1.807, 2.05) is 20.8 Å². The van der Waals surface area contributed by atoms with E-state index in [1.54, 1.807) is 28.0 Å². The van der Waals surface area contributed by atoms with Crippen LogP contribution in [0.4, 0.5) is 0 Å². The van der Waals surface area contributed by atoms with E-state index in [9.17, 15) is 13.2 Å². The number of aryl methyl sites for hydroxylation is 3. The first-order valence-electron chi connectivity index (χ1n) is 8.47. The minimum atomic E-state index is -3.20. The number of hydrogen-bond donors (Lipinski definition) is 0. The second kappa shape index (κ2) is 6.67. The van der Waals surface area contributed by atoms with E-state index >= 15 is 0 Å². The molecule has 1 saturated heterocycles. The van der Waals surface area contributed by atoms with Gasteiger partial charge in [0.1, 0.15) is 5.76 Å². The van der Waals surface area contributed by atoms with E-state index in [0.717, 1.165) is 16.9 Å². The highest BCUT2D eigenvalue weighted by atomic mass is 32.2. The van der Waals surface area contributed by atoms with Gasteiger partial charge in [0.15, 0.2) is 15.6 Å². The van der Waals surface area contributed by atoms with Crippen molar-refractivity contribution in [1.29, 1.82) is 0 Å². The quantitative estimate of drug-likeness (QED) is 0.827. The fourth-order valence-electron chi connectivity index (χ4n) is 3.17. The van der Waals surface area contributed by atoms with E-state index in [-0.39, 0.29) is 29.7 Å². The summed E-state index contributed by atoms with van der Waals surface area (Å²) in [5.41, 5.74) is 1.67. The molecule has 3 heterocycles. The van der Waals surface area contributed by atoms with Crippen LogP contribution in [0.25, 0.3) is 0 Å². The monoisotopic (exact) mass is 365 g/mol. The second-order valence-electron chi connectivity index (χ2n) is 6.33. The second-order valence-corrected chi connectivity index (χ2v) is 8.56. The van der Waals surface area contributed by atoms with Gasteiger partial charge in [0.2, 0.25) is 0 Å². The number of rotatable bonds is 4. The molecular formula is C17H23N3O4S. The van der Waals surface area contributed by atoms with Gasteiger partial charge in [-0.1, -0.05) is 6.92 Å². The highest BCUT2D eigenvalue weighted by Crippen LogP contribution is 2.29.